The first-order chi connectivity index (χ1) is 13.6. The van der Waals surface area contributed by atoms with Crippen molar-refractivity contribution < 1.29 is 9.59 Å². The minimum atomic E-state index is -0.620. The summed E-state index contributed by atoms with van der Waals surface area (Å²) in [6, 6.07) is 16.5. The first-order valence-corrected chi connectivity index (χ1v) is 9.19. The lowest BCUT2D eigenvalue weighted by Crippen LogP contribution is -2.57. The quantitative estimate of drug-likeness (QED) is 0.505. The number of benzene rings is 2. The van der Waals surface area contributed by atoms with Gasteiger partial charge in [-0.05, 0) is 42.6 Å². The average Bonchev–Trinajstić information content (AvgIpc) is 3.05. The van der Waals surface area contributed by atoms with Gasteiger partial charge in [-0.25, -0.2) is 0 Å². The van der Waals surface area contributed by atoms with E-state index in [-0.39, 0.29) is 11.8 Å². The lowest BCUT2D eigenvalue weighted by molar-refractivity contribution is -0.124. The van der Waals surface area contributed by atoms with E-state index in [2.05, 4.69) is 20.2 Å². The van der Waals surface area contributed by atoms with Crippen LogP contribution in [0.4, 0.5) is 11.4 Å². The predicted octanol–water partition coefficient (Wildman–Crippen LogP) is 3.20. The summed E-state index contributed by atoms with van der Waals surface area (Å²) in [5, 5.41) is 6.52. The summed E-state index contributed by atoms with van der Waals surface area (Å²) in [6.07, 6.45) is 1.13. The second-order valence-electron chi connectivity index (χ2n) is 6.99. The van der Waals surface area contributed by atoms with E-state index in [1.54, 1.807) is 29.2 Å². The number of piperidine rings is 1. The highest BCUT2D eigenvalue weighted by atomic mass is 16.2. The van der Waals surface area contributed by atoms with Crippen LogP contribution in [0.2, 0.25) is 0 Å². The molecule has 1 N–H and O–H groups in total. The molecule has 8 nitrogen and oxygen atoms in total. The molecule has 0 radical (unpaired) electrons. The van der Waals surface area contributed by atoms with Crippen LogP contribution >= 0.6 is 0 Å². The van der Waals surface area contributed by atoms with E-state index in [1.807, 2.05) is 30.3 Å². The van der Waals surface area contributed by atoms with Gasteiger partial charge in [0.15, 0.2) is 0 Å². The van der Waals surface area contributed by atoms with Crippen molar-refractivity contribution >= 4 is 23.2 Å². The van der Waals surface area contributed by atoms with Crippen LogP contribution in [0.3, 0.4) is 0 Å². The molecule has 0 aromatic heterocycles. The lowest BCUT2D eigenvalue weighted by atomic mass is 9.85. The average molecular weight is 376 g/mol. The van der Waals surface area contributed by atoms with E-state index in [9.17, 15) is 9.59 Å². The Labute approximate surface area is 162 Å². The van der Waals surface area contributed by atoms with Crippen LogP contribution in [-0.2, 0) is 4.79 Å². The Morgan fingerprint density at radius 1 is 1.11 bits per heavy atom. The Kier molecular flexibility index (Phi) is 4.63. The number of anilines is 1. The number of para-hydroxylation sites is 1. The summed E-state index contributed by atoms with van der Waals surface area (Å²) in [5.41, 5.74) is 9.85. The van der Waals surface area contributed by atoms with Crippen molar-refractivity contribution in [3.05, 3.63) is 70.6 Å². The molecule has 2 aromatic carbocycles. The molecule has 2 aromatic rings. The van der Waals surface area contributed by atoms with Crippen molar-refractivity contribution in [2.75, 3.05) is 24.7 Å². The molecular formula is C20H20N6O2. The third-order valence-electron chi connectivity index (χ3n) is 5.54. The second-order valence-corrected chi connectivity index (χ2v) is 6.99. The van der Waals surface area contributed by atoms with Gasteiger partial charge in [-0.1, -0.05) is 35.4 Å². The molecule has 4 rings (SSSR count). The minimum Gasteiger partial charge on any atom is -0.339 e. The predicted molar refractivity (Wildman–Crippen MR) is 105 cm³/mol. The van der Waals surface area contributed by atoms with Crippen molar-refractivity contribution in [3.63, 3.8) is 0 Å². The Balaban J connectivity index is 1.52. The van der Waals surface area contributed by atoms with Crippen molar-refractivity contribution in [2.24, 2.45) is 5.11 Å². The number of azide groups is 1. The minimum absolute atomic E-state index is 0.0220. The summed E-state index contributed by atoms with van der Waals surface area (Å²) < 4.78 is 0. The number of hydrogen-bond acceptors (Lipinski definition) is 4. The standard InChI is InChI=1S/C20H20N6O2/c21-24-23-16-6-4-5-15(13-16)18(27)25-11-9-20(10-12-25)19(28)22-14-26(20)17-7-2-1-3-8-17/h1-8,13H,9-12,14H2,(H,22,28). The number of likely N-dealkylation sites (tertiary alicyclic amines) is 1. The fourth-order valence-electron chi connectivity index (χ4n) is 4.05. The number of nitrogens with one attached hydrogen (secondary N) is 1. The van der Waals surface area contributed by atoms with E-state index < -0.39 is 5.54 Å². The van der Waals surface area contributed by atoms with Gasteiger partial charge in [-0.3, -0.25) is 9.59 Å². The van der Waals surface area contributed by atoms with E-state index in [1.165, 1.54) is 0 Å². The van der Waals surface area contributed by atoms with Gasteiger partial charge in [0.1, 0.15) is 5.54 Å². The topological polar surface area (TPSA) is 101 Å². The third-order valence-corrected chi connectivity index (χ3v) is 5.54. The summed E-state index contributed by atoms with van der Waals surface area (Å²) in [4.78, 5) is 32.2. The molecule has 2 saturated heterocycles. The Hall–Kier alpha value is -3.51. The first kappa shape index (κ1) is 17.9. The fraction of sp³-hybridized carbons (Fsp3) is 0.300. The SMILES string of the molecule is [N-]=[N+]=Nc1cccc(C(=O)N2CCC3(CC2)C(=O)NCN3c2ccccc2)c1. The molecule has 0 atom stereocenters. The van der Waals surface area contributed by atoms with Crippen molar-refractivity contribution in [1.29, 1.82) is 0 Å². The fourth-order valence-corrected chi connectivity index (χ4v) is 4.05. The van der Waals surface area contributed by atoms with Crippen LogP contribution in [0, 0.1) is 0 Å². The molecule has 8 heteroatoms. The molecule has 0 unspecified atom stereocenters. The van der Waals surface area contributed by atoms with E-state index in [0.29, 0.717) is 43.9 Å². The highest BCUT2D eigenvalue weighted by Gasteiger charge is 2.50. The lowest BCUT2D eigenvalue weighted by Gasteiger charge is -2.43. The van der Waals surface area contributed by atoms with Gasteiger partial charge >= 0.3 is 0 Å². The molecule has 2 heterocycles. The van der Waals surface area contributed by atoms with Crippen LogP contribution in [0.1, 0.15) is 23.2 Å². The Morgan fingerprint density at radius 3 is 2.57 bits per heavy atom. The summed E-state index contributed by atoms with van der Waals surface area (Å²) in [5.74, 6) is -0.0942. The highest BCUT2D eigenvalue weighted by Crippen LogP contribution is 2.36. The molecule has 2 fully saturated rings. The number of rotatable bonds is 3. The number of carbonyl (C=O) groups is 2. The molecule has 142 valence electrons. The largest absolute Gasteiger partial charge is 0.339 e. The van der Waals surface area contributed by atoms with Gasteiger partial charge in [0, 0.05) is 34.9 Å². The zero-order chi connectivity index (χ0) is 19.6. The van der Waals surface area contributed by atoms with Gasteiger partial charge in [0.2, 0.25) is 5.91 Å². The zero-order valence-corrected chi connectivity index (χ0v) is 15.3. The molecule has 0 bridgehead atoms. The monoisotopic (exact) mass is 376 g/mol. The van der Waals surface area contributed by atoms with Crippen LogP contribution in [-0.4, -0.2) is 42.0 Å². The third kappa shape index (κ3) is 3.04. The molecule has 2 aliphatic rings. The van der Waals surface area contributed by atoms with Crippen molar-refractivity contribution in [1.82, 2.24) is 10.2 Å². The molecule has 1 spiro atoms. The van der Waals surface area contributed by atoms with Crippen molar-refractivity contribution in [3.8, 4) is 0 Å². The highest BCUT2D eigenvalue weighted by molar-refractivity contribution is 5.96. The maximum absolute atomic E-state index is 12.9. The number of hydrogen-bond donors (Lipinski definition) is 1. The van der Waals surface area contributed by atoms with Gasteiger partial charge < -0.3 is 15.1 Å². The van der Waals surface area contributed by atoms with Crippen molar-refractivity contribution in [2.45, 2.75) is 18.4 Å². The van der Waals surface area contributed by atoms with Gasteiger partial charge in [0.05, 0.1) is 6.67 Å². The van der Waals surface area contributed by atoms with E-state index in [4.69, 9.17) is 5.53 Å². The maximum atomic E-state index is 12.9. The summed E-state index contributed by atoms with van der Waals surface area (Å²) in [7, 11) is 0. The normalized spacial score (nSPS) is 17.9. The number of carbonyl (C=O) groups excluding carboxylic acids is 2. The Morgan fingerprint density at radius 2 is 1.86 bits per heavy atom. The van der Waals surface area contributed by atoms with Crippen LogP contribution < -0.4 is 10.2 Å². The van der Waals surface area contributed by atoms with Crippen LogP contribution in [0.25, 0.3) is 10.4 Å². The molecule has 0 aliphatic carbocycles. The number of amides is 2. The van der Waals surface area contributed by atoms with Gasteiger partial charge in [0.25, 0.3) is 5.91 Å². The zero-order valence-electron chi connectivity index (χ0n) is 15.3. The smallest absolute Gasteiger partial charge is 0.253 e. The van der Waals surface area contributed by atoms with Crippen LogP contribution in [0.5, 0.6) is 0 Å². The van der Waals surface area contributed by atoms with E-state index >= 15 is 0 Å². The molecular weight excluding hydrogens is 356 g/mol. The summed E-state index contributed by atoms with van der Waals surface area (Å²) in [6.45, 7) is 1.45. The van der Waals surface area contributed by atoms with E-state index in [0.717, 1.165) is 5.69 Å². The molecule has 2 aliphatic heterocycles. The maximum Gasteiger partial charge on any atom is 0.253 e. The number of nitrogens with zero attached hydrogens (tertiary/aromatic N) is 5. The Bertz CT molecular complexity index is 946. The first-order valence-electron chi connectivity index (χ1n) is 9.19. The van der Waals surface area contributed by atoms with Crippen LogP contribution in [0.15, 0.2) is 59.7 Å². The second kappa shape index (κ2) is 7.25. The summed E-state index contributed by atoms with van der Waals surface area (Å²) >= 11 is 0. The van der Waals surface area contributed by atoms with Gasteiger partial charge in [-0.2, -0.15) is 0 Å². The van der Waals surface area contributed by atoms with Gasteiger partial charge in [-0.15, -0.1) is 0 Å². The molecule has 0 saturated carbocycles. The molecule has 28 heavy (non-hydrogen) atoms. The molecule has 2 amide bonds.